The van der Waals surface area contributed by atoms with E-state index in [9.17, 15) is 0 Å². The van der Waals surface area contributed by atoms with Gasteiger partial charge in [0.15, 0.2) is 0 Å². The minimum Gasteiger partial charge on any atom is -0.397 e. The van der Waals surface area contributed by atoms with Gasteiger partial charge in [-0.25, -0.2) is 0 Å². The highest BCUT2D eigenvalue weighted by molar-refractivity contribution is 5.98. The van der Waals surface area contributed by atoms with Crippen LogP contribution in [0.3, 0.4) is 0 Å². The number of methoxy groups -OCH3 is 1. The zero-order valence-electron chi connectivity index (χ0n) is 11.0. The highest BCUT2D eigenvalue weighted by Crippen LogP contribution is 2.28. The van der Waals surface area contributed by atoms with E-state index in [-0.39, 0.29) is 5.60 Å². The fourth-order valence-electron chi connectivity index (χ4n) is 1.73. The van der Waals surface area contributed by atoms with Crippen molar-refractivity contribution in [2.45, 2.75) is 19.4 Å². The summed E-state index contributed by atoms with van der Waals surface area (Å²) in [7, 11) is 1.71. The first-order chi connectivity index (χ1) is 8.53. The van der Waals surface area contributed by atoms with Gasteiger partial charge in [-0.15, -0.1) is 0 Å². The summed E-state index contributed by atoms with van der Waals surface area (Å²) in [5.41, 5.74) is 7.62. The predicted octanol–water partition coefficient (Wildman–Crippen LogP) is 2.65. The highest BCUT2D eigenvalue weighted by Gasteiger charge is 2.16. The van der Waals surface area contributed by atoms with Crippen molar-refractivity contribution >= 4 is 22.1 Å². The minimum absolute atomic E-state index is 0.223. The molecule has 1 aromatic carbocycles. The molecule has 0 saturated heterocycles. The van der Waals surface area contributed by atoms with Crippen LogP contribution in [0.4, 0.5) is 11.4 Å². The zero-order valence-corrected chi connectivity index (χ0v) is 11.0. The van der Waals surface area contributed by atoms with Gasteiger partial charge in [0.05, 0.1) is 17.0 Å². The first kappa shape index (κ1) is 12.6. The number of aromatic nitrogens is 1. The molecule has 1 aromatic heterocycles. The molecule has 18 heavy (non-hydrogen) atoms. The molecule has 96 valence electrons. The van der Waals surface area contributed by atoms with Crippen LogP contribution in [0.1, 0.15) is 13.8 Å². The van der Waals surface area contributed by atoms with Crippen molar-refractivity contribution in [3.8, 4) is 0 Å². The number of hydrogen-bond acceptors (Lipinski definition) is 4. The number of fused-ring (bicyclic) bond motifs is 1. The number of pyridine rings is 1. The first-order valence-corrected chi connectivity index (χ1v) is 5.95. The molecule has 0 aliphatic carbocycles. The lowest BCUT2D eigenvalue weighted by atomic mass is 10.1. The van der Waals surface area contributed by atoms with Crippen LogP contribution in [0.2, 0.25) is 0 Å². The third-order valence-corrected chi connectivity index (χ3v) is 3.12. The van der Waals surface area contributed by atoms with E-state index in [2.05, 4.69) is 10.3 Å². The second-order valence-corrected chi connectivity index (χ2v) is 4.94. The van der Waals surface area contributed by atoms with Crippen molar-refractivity contribution in [2.75, 3.05) is 24.7 Å². The molecule has 0 bridgehead atoms. The number of benzene rings is 1. The Balaban J connectivity index is 2.27. The van der Waals surface area contributed by atoms with Gasteiger partial charge in [0.1, 0.15) is 0 Å². The van der Waals surface area contributed by atoms with Crippen molar-refractivity contribution in [1.29, 1.82) is 0 Å². The Morgan fingerprint density at radius 2 is 2.11 bits per heavy atom. The smallest absolute Gasteiger partial charge is 0.0794 e. The summed E-state index contributed by atoms with van der Waals surface area (Å²) in [4.78, 5) is 4.09. The van der Waals surface area contributed by atoms with E-state index >= 15 is 0 Å². The van der Waals surface area contributed by atoms with Gasteiger partial charge < -0.3 is 15.8 Å². The molecule has 0 unspecified atom stereocenters. The fourth-order valence-corrected chi connectivity index (χ4v) is 1.73. The average molecular weight is 245 g/mol. The van der Waals surface area contributed by atoms with Gasteiger partial charge in [-0.3, -0.25) is 4.98 Å². The van der Waals surface area contributed by atoms with E-state index in [0.29, 0.717) is 6.54 Å². The molecule has 0 atom stereocenters. The van der Waals surface area contributed by atoms with Crippen LogP contribution < -0.4 is 11.1 Å². The molecule has 4 nitrogen and oxygen atoms in total. The van der Waals surface area contributed by atoms with Crippen molar-refractivity contribution in [3.05, 3.63) is 30.6 Å². The van der Waals surface area contributed by atoms with E-state index in [0.717, 1.165) is 22.1 Å². The van der Waals surface area contributed by atoms with E-state index in [1.807, 2.05) is 38.2 Å². The molecule has 0 amide bonds. The van der Waals surface area contributed by atoms with Gasteiger partial charge in [0.25, 0.3) is 0 Å². The topological polar surface area (TPSA) is 60.2 Å². The monoisotopic (exact) mass is 245 g/mol. The molecule has 2 aromatic rings. The van der Waals surface area contributed by atoms with Crippen LogP contribution in [0.25, 0.3) is 10.8 Å². The molecule has 1 heterocycles. The molecule has 0 spiro atoms. The molecule has 4 heteroatoms. The molecule has 2 rings (SSSR count). The molecule has 3 N–H and O–H groups in total. The Morgan fingerprint density at radius 1 is 1.33 bits per heavy atom. The standard InChI is InChI=1S/C14H19N3O/c1-14(2,18-3)9-17-12-5-4-10-8-16-7-6-11(10)13(12)15/h4-8,17H,9,15H2,1-3H3. The predicted molar refractivity (Wildman–Crippen MR) is 75.7 cm³/mol. The Hall–Kier alpha value is -1.81. The van der Waals surface area contributed by atoms with E-state index in [1.165, 1.54) is 0 Å². The minimum atomic E-state index is -0.223. The van der Waals surface area contributed by atoms with Gasteiger partial charge in [0.2, 0.25) is 0 Å². The number of nitrogens with one attached hydrogen (secondary N) is 1. The summed E-state index contributed by atoms with van der Waals surface area (Å²) in [6.07, 6.45) is 3.57. The van der Waals surface area contributed by atoms with Crippen molar-refractivity contribution in [3.63, 3.8) is 0 Å². The number of hydrogen-bond donors (Lipinski definition) is 2. The maximum absolute atomic E-state index is 6.16. The van der Waals surface area contributed by atoms with Crippen LogP contribution >= 0.6 is 0 Å². The number of nitrogens with two attached hydrogens (primary N) is 1. The molecule has 0 aliphatic heterocycles. The summed E-state index contributed by atoms with van der Waals surface area (Å²) in [6.45, 7) is 4.76. The van der Waals surface area contributed by atoms with Crippen LogP contribution in [0.5, 0.6) is 0 Å². The summed E-state index contributed by atoms with van der Waals surface area (Å²) >= 11 is 0. The van der Waals surface area contributed by atoms with Crippen LogP contribution in [0.15, 0.2) is 30.6 Å². The van der Waals surface area contributed by atoms with Crippen molar-refractivity contribution in [1.82, 2.24) is 4.98 Å². The number of anilines is 2. The summed E-state index contributed by atoms with van der Waals surface area (Å²) in [6, 6.07) is 5.92. The maximum atomic E-state index is 6.16. The largest absolute Gasteiger partial charge is 0.397 e. The lowest BCUT2D eigenvalue weighted by Gasteiger charge is -2.24. The Morgan fingerprint density at radius 3 is 2.83 bits per heavy atom. The average Bonchev–Trinajstić information content (AvgIpc) is 2.38. The van der Waals surface area contributed by atoms with Gasteiger partial charge in [-0.1, -0.05) is 6.07 Å². The summed E-state index contributed by atoms with van der Waals surface area (Å²) in [5, 5.41) is 5.39. The second-order valence-electron chi connectivity index (χ2n) is 4.94. The summed E-state index contributed by atoms with van der Waals surface area (Å²) < 4.78 is 5.37. The SMILES string of the molecule is COC(C)(C)CNc1ccc2cnccc2c1N. The van der Waals surface area contributed by atoms with Crippen molar-refractivity contribution < 1.29 is 4.74 Å². The Labute approximate surface area is 107 Å². The lowest BCUT2D eigenvalue weighted by Crippen LogP contribution is -2.32. The number of nitrogen functional groups attached to an aromatic ring is 1. The number of ether oxygens (including phenoxy) is 1. The van der Waals surface area contributed by atoms with E-state index in [1.54, 1.807) is 13.3 Å². The third-order valence-electron chi connectivity index (χ3n) is 3.12. The molecular weight excluding hydrogens is 226 g/mol. The molecule has 0 saturated carbocycles. The molecule has 0 radical (unpaired) electrons. The Kier molecular flexibility index (Phi) is 3.39. The normalized spacial score (nSPS) is 11.7. The lowest BCUT2D eigenvalue weighted by molar-refractivity contribution is 0.0344. The molecule has 0 fully saturated rings. The zero-order chi connectivity index (χ0) is 13.2. The maximum Gasteiger partial charge on any atom is 0.0794 e. The first-order valence-electron chi connectivity index (χ1n) is 5.95. The molecular formula is C14H19N3O. The van der Waals surface area contributed by atoms with E-state index in [4.69, 9.17) is 10.5 Å². The fraction of sp³-hybridized carbons (Fsp3) is 0.357. The van der Waals surface area contributed by atoms with Crippen LogP contribution in [-0.2, 0) is 4.74 Å². The third kappa shape index (κ3) is 2.54. The van der Waals surface area contributed by atoms with Crippen LogP contribution in [-0.4, -0.2) is 24.2 Å². The quantitative estimate of drug-likeness (QED) is 0.813. The van der Waals surface area contributed by atoms with Gasteiger partial charge in [-0.05, 0) is 26.0 Å². The second kappa shape index (κ2) is 4.82. The molecule has 0 aliphatic rings. The Bertz CT molecular complexity index is 552. The van der Waals surface area contributed by atoms with Gasteiger partial charge in [-0.2, -0.15) is 0 Å². The number of rotatable bonds is 4. The number of nitrogens with zero attached hydrogens (tertiary/aromatic N) is 1. The summed E-state index contributed by atoms with van der Waals surface area (Å²) in [5.74, 6) is 0. The highest BCUT2D eigenvalue weighted by atomic mass is 16.5. The van der Waals surface area contributed by atoms with E-state index < -0.39 is 0 Å². The van der Waals surface area contributed by atoms with Gasteiger partial charge >= 0.3 is 0 Å². The van der Waals surface area contributed by atoms with Gasteiger partial charge in [0, 0.05) is 36.8 Å². The van der Waals surface area contributed by atoms with Crippen LogP contribution in [0, 0.1) is 0 Å². The van der Waals surface area contributed by atoms with Crippen molar-refractivity contribution in [2.24, 2.45) is 0 Å².